The van der Waals surface area contributed by atoms with E-state index in [2.05, 4.69) is 5.32 Å². The summed E-state index contributed by atoms with van der Waals surface area (Å²) in [4.78, 5) is 25.9. The van der Waals surface area contributed by atoms with Crippen LogP contribution in [0.5, 0.6) is 0 Å². The first-order chi connectivity index (χ1) is 11.1. The molecule has 1 fully saturated rings. The summed E-state index contributed by atoms with van der Waals surface area (Å²) in [7, 11) is 0. The summed E-state index contributed by atoms with van der Waals surface area (Å²) >= 11 is 0. The van der Waals surface area contributed by atoms with E-state index in [9.17, 15) is 14.0 Å². The highest BCUT2D eigenvalue weighted by atomic mass is 19.1. The van der Waals surface area contributed by atoms with Crippen molar-refractivity contribution in [1.29, 1.82) is 0 Å². The lowest BCUT2D eigenvalue weighted by atomic mass is 10.1. The van der Waals surface area contributed by atoms with E-state index in [0.717, 1.165) is 18.5 Å². The number of halogens is 1. The normalized spacial score (nSPS) is 14.7. The number of carbonyl (C=O) groups excluding carboxylic acids is 2. The van der Waals surface area contributed by atoms with Gasteiger partial charge in [-0.05, 0) is 49.2 Å². The molecule has 0 aliphatic carbocycles. The third-order valence-electron chi connectivity index (χ3n) is 3.83. The molecule has 0 saturated carbocycles. The predicted molar refractivity (Wildman–Crippen MR) is 87.0 cm³/mol. The van der Waals surface area contributed by atoms with Crippen molar-refractivity contribution in [2.24, 2.45) is 0 Å². The van der Waals surface area contributed by atoms with E-state index in [1.165, 1.54) is 18.2 Å². The largest absolute Gasteiger partial charge is 0.322 e. The van der Waals surface area contributed by atoms with Crippen LogP contribution in [0.15, 0.2) is 48.5 Å². The van der Waals surface area contributed by atoms with Gasteiger partial charge in [0.15, 0.2) is 0 Å². The highest BCUT2D eigenvalue weighted by Crippen LogP contribution is 2.24. The van der Waals surface area contributed by atoms with Gasteiger partial charge in [0.25, 0.3) is 5.91 Å². The summed E-state index contributed by atoms with van der Waals surface area (Å²) in [6, 6.07) is 12.7. The second kappa shape index (κ2) is 6.60. The van der Waals surface area contributed by atoms with E-state index in [1.807, 2.05) is 6.07 Å². The molecule has 0 unspecified atom stereocenters. The number of hydrogen-bond donors (Lipinski definition) is 1. The Morgan fingerprint density at radius 2 is 1.91 bits per heavy atom. The van der Waals surface area contributed by atoms with Crippen LogP contribution in [0.2, 0.25) is 0 Å². The number of hydrogen-bond acceptors (Lipinski definition) is 2. The number of anilines is 2. The average Bonchev–Trinajstić information content (AvgIpc) is 2.55. The zero-order valence-electron chi connectivity index (χ0n) is 12.6. The van der Waals surface area contributed by atoms with E-state index in [0.29, 0.717) is 18.7 Å². The molecule has 1 aliphatic rings. The van der Waals surface area contributed by atoms with E-state index >= 15 is 0 Å². The predicted octanol–water partition coefficient (Wildman–Crippen LogP) is 3.59. The first kappa shape index (κ1) is 15.2. The number of rotatable bonds is 3. The SMILES string of the molecule is O=C(Nc1cccc(N2CCCCC2=O)c1)c1cccc(F)c1. The molecule has 2 amide bonds. The molecule has 0 aromatic heterocycles. The highest BCUT2D eigenvalue weighted by molar-refractivity contribution is 6.04. The molecule has 2 aromatic rings. The summed E-state index contributed by atoms with van der Waals surface area (Å²) in [5, 5.41) is 2.74. The van der Waals surface area contributed by atoms with Crippen LogP contribution >= 0.6 is 0 Å². The van der Waals surface area contributed by atoms with Gasteiger partial charge in [-0.2, -0.15) is 0 Å². The number of amides is 2. The highest BCUT2D eigenvalue weighted by Gasteiger charge is 2.19. The van der Waals surface area contributed by atoms with Gasteiger partial charge in [-0.1, -0.05) is 12.1 Å². The fraction of sp³-hybridized carbons (Fsp3) is 0.222. The van der Waals surface area contributed by atoms with Gasteiger partial charge in [0.1, 0.15) is 5.82 Å². The lowest BCUT2D eigenvalue weighted by molar-refractivity contribution is -0.119. The first-order valence-corrected chi connectivity index (χ1v) is 7.61. The molecule has 118 valence electrons. The monoisotopic (exact) mass is 312 g/mol. The average molecular weight is 312 g/mol. The van der Waals surface area contributed by atoms with Crippen LogP contribution in [-0.4, -0.2) is 18.4 Å². The van der Waals surface area contributed by atoms with Gasteiger partial charge < -0.3 is 10.2 Å². The number of carbonyl (C=O) groups is 2. The number of nitrogens with zero attached hydrogens (tertiary/aromatic N) is 1. The molecule has 2 aromatic carbocycles. The third-order valence-corrected chi connectivity index (χ3v) is 3.83. The summed E-state index contributed by atoms with van der Waals surface area (Å²) < 4.78 is 13.2. The van der Waals surface area contributed by atoms with Gasteiger partial charge >= 0.3 is 0 Å². The van der Waals surface area contributed by atoms with Crippen molar-refractivity contribution in [2.45, 2.75) is 19.3 Å². The molecule has 0 radical (unpaired) electrons. The smallest absolute Gasteiger partial charge is 0.255 e. The topological polar surface area (TPSA) is 49.4 Å². The fourth-order valence-corrected chi connectivity index (χ4v) is 2.66. The molecule has 1 saturated heterocycles. The van der Waals surface area contributed by atoms with Crippen molar-refractivity contribution in [3.63, 3.8) is 0 Å². The Morgan fingerprint density at radius 1 is 1.09 bits per heavy atom. The quantitative estimate of drug-likeness (QED) is 0.941. The Balaban J connectivity index is 1.77. The number of nitrogens with one attached hydrogen (secondary N) is 1. The van der Waals surface area contributed by atoms with Crippen molar-refractivity contribution in [1.82, 2.24) is 0 Å². The van der Waals surface area contributed by atoms with E-state index in [4.69, 9.17) is 0 Å². The van der Waals surface area contributed by atoms with Crippen molar-refractivity contribution >= 4 is 23.2 Å². The van der Waals surface area contributed by atoms with Crippen LogP contribution in [0.1, 0.15) is 29.6 Å². The minimum atomic E-state index is -0.453. The Morgan fingerprint density at radius 3 is 2.70 bits per heavy atom. The van der Waals surface area contributed by atoms with Gasteiger partial charge in [0.2, 0.25) is 5.91 Å². The minimum Gasteiger partial charge on any atom is -0.322 e. The molecular formula is C18H17FN2O2. The maximum absolute atomic E-state index is 13.2. The van der Waals surface area contributed by atoms with Crippen molar-refractivity contribution in [3.8, 4) is 0 Å². The third kappa shape index (κ3) is 3.56. The van der Waals surface area contributed by atoms with Crippen molar-refractivity contribution in [3.05, 3.63) is 59.9 Å². The maximum Gasteiger partial charge on any atom is 0.255 e. The van der Waals surface area contributed by atoms with Crippen molar-refractivity contribution in [2.75, 3.05) is 16.8 Å². The molecule has 0 atom stereocenters. The minimum absolute atomic E-state index is 0.102. The zero-order valence-corrected chi connectivity index (χ0v) is 12.6. The van der Waals surface area contributed by atoms with Crippen LogP contribution in [0.3, 0.4) is 0 Å². The summed E-state index contributed by atoms with van der Waals surface area (Å²) in [6.45, 7) is 0.695. The van der Waals surface area contributed by atoms with Gasteiger partial charge in [0, 0.05) is 29.9 Å². The van der Waals surface area contributed by atoms with Gasteiger partial charge in [-0.15, -0.1) is 0 Å². The Bertz CT molecular complexity index is 745. The Labute approximate surface area is 133 Å². The van der Waals surface area contributed by atoms with Crippen LogP contribution < -0.4 is 10.2 Å². The molecule has 1 heterocycles. The molecule has 0 bridgehead atoms. The summed E-state index contributed by atoms with van der Waals surface area (Å²) in [6.07, 6.45) is 2.46. The standard InChI is InChI=1S/C18H17FN2O2/c19-14-6-3-5-13(11-14)18(23)20-15-7-4-8-16(12-15)21-10-2-1-9-17(21)22/h3-8,11-12H,1-2,9-10H2,(H,20,23). The molecule has 1 aliphatic heterocycles. The first-order valence-electron chi connectivity index (χ1n) is 7.61. The Kier molecular flexibility index (Phi) is 4.37. The van der Waals surface area contributed by atoms with Crippen LogP contribution in [0, 0.1) is 5.82 Å². The van der Waals surface area contributed by atoms with Crippen LogP contribution in [0.25, 0.3) is 0 Å². The second-order valence-electron chi connectivity index (χ2n) is 5.52. The van der Waals surface area contributed by atoms with Crippen LogP contribution in [-0.2, 0) is 4.79 Å². The van der Waals surface area contributed by atoms with E-state index in [1.54, 1.807) is 29.2 Å². The molecule has 4 nitrogen and oxygen atoms in total. The van der Waals surface area contributed by atoms with Gasteiger partial charge in [-0.25, -0.2) is 4.39 Å². The van der Waals surface area contributed by atoms with Crippen molar-refractivity contribution < 1.29 is 14.0 Å². The van der Waals surface area contributed by atoms with Crippen LogP contribution in [0.4, 0.5) is 15.8 Å². The zero-order chi connectivity index (χ0) is 16.2. The second-order valence-corrected chi connectivity index (χ2v) is 5.52. The maximum atomic E-state index is 13.2. The fourth-order valence-electron chi connectivity index (χ4n) is 2.66. The summed E-state index contributed by atoms with van der Waals surface area (Å²) in [5.41, 5.74) is 1.60. The molecule has 0 spiro atoms. The molecule has 1 N–H and O–H groups in total. The van der Waals surface area contributed by atoms with Gasteiger partial charge in [0.05, 0.1) is 0 Å². The number of benzene rings is 2. The van der Waals surface area contributed by atoms with E-state index < -0.39 is 5.82 Å². The molecule has 23 heavy (non-hydrogen) atoms. The van der Waals surface area contributed by atoms with Gasteiger partial charge in [-0.3, -0.25) is 9.59 Å². The Hall–Kier alpha value is -2.69. The number of piperidine rings is 1. The lowest BCUT2D eigenvalue weighted by Gasteiger charge is -2.27. The lowest BCUT2D eigenvalue weighted by Crippen LogP contribution is -2.35. The molecule has 3 rings (SSSR count). The van der Waals surface area contributed by atoms with E-state index in [-0.39, 0.29) is 17.4 Å². The molecule has 5 heteroatoms. The molecular weight excluding hydrogens is 295 g/mol. The summed E-state index contributed by atoms with van der Waals surface area (Å²) in [5.74, 6) is -0.734.